The predicted molar refractivity (Wildman–Crippen MR) is 67.0 cm³/mol. The Morgan fingerprint density at radius 2 is 2.32 bits per heavy atom. The number of aromatic nitrogens is 2. The van der Waals surface area contributed by atoms with Gasteiger partial charge < -0.3 is 16.2 Å². The number of carbonyl (C=O) groups is 2. The number of hydrogen-bond donors (Lipinski definition) is 3. The SMILES string of the molecule is Cn1cc(C(N)C(=O)NC(CC(=O)O)C2CC2)cn1. The highest BCUT2D eigenvalue weighted by atomic mass is 16.4. The fourth-order valence-corrected chi connectivity index (χ4v) is 2.05. The molecule has 104 valence electrons. The van der Waals surface area contributed by atoms with Crippen LogP contribution in [0.25, 0.3) is 0 Å². The number of hydrogen-bond acceptors (Lipinski definition) is 4. The Morgan fingerprint density at radius 1 is 1.63 bits per heavy atom. The first-order valence-corrected chi connectivity index (χ1v) is 6.23. The van der Waals surface area contributed by atoms with E-state index in [1.807, 2.05) is 0 Å². The third kappa shape index (κ3) is 3.54. The Labute approximate surface area is 110 Å². The summed E-state index contributed by atoms with van der Waals surface area (Å²) in [6.07, 6.45) is 5.07. The van der Waals surface area contributed by atoms with Crippen LogP contribution in [-0.4, -0.2) is 32.8 Å². The summed E-state index contributed by atoms with van der Waals surface area (Å²) in [5, 5.41) is 15.5. The number of carboxylic acid groups (broad SMARTS) is 1. The lowest BCUT2D eigenvalue weighted by Crippen LogP contribution is -2.42. The Kier molecular flexibility index (Phi) is 3.84. The van der Waals surface area contributed by atoms with Crippen molar-refractivity contribution in [3.05, 3.63) is 18.0 Å². The minimum Gasteiger partial charge on any atom is -0.481 e. The van der Waals surface area contributed by atoms with Crippen molar-refractivity contribution >= 4 is 11.9 Å². The molecule has 7 heteroatoms. The zero-order valence-electron chi connectivity index (χ0n) is 10.7. The molecule has 4 N–H and O–H groups in total. The van der Waals surface area contributed by atoms with Crippen LogP contribution in [0.3, 0.4) is 0 Å². The second-order valence-corrected chi connectivity index (χ2v) is 4.98. The van der Waals surface area contributed by atoms with E-state index in [1.54, 1.807) is 17.9 Å². The van der Waals surface area contributed by atoms with Crippen LogP contribution in [0.5, 0.6) is 0 Å². The van der Waals surface area contributed by atoms with Crippen LogP contribution in [0.15, 0.2) is 12.4 Å². The number of nitrogens with zero attached hydrogens (tertiary/aromatic N) is 2. The van der Waals surface area contributed by atoms with Gasteiger partial charge in [0.15, 0.2) is 0 Å². The monoisotopic (exact) mass is 266 g/mol. The summed E-state index contributed by atoms with van der Waals surface area (Å²) in [5.74, 6) is -1.00. The number of carbonyl (C=O) groups excluding carboxylic acids is 1. The molecular formula is C12H18N4O3. The Balaban J connectivity index is 1.96. The molecule has 0 saturated heterocycles. The Hall–Kier alpha value is -1.89. The topological polar surface area (TPSA) is 110 Å². The normalized spacial score (nSPS) is 17.8. The van der Waals surface area contributed by atoms with E-state index in [0.29, 0.717) is 5.56 Å². The van der Waals surface area contributed by atoms with Crippen molar-refractivity contribution in [2.24, 2.45) is 18.7 Å². The summed E-state index contributed by atoms with van der Waals surface area (Å²) in [6, 6.07) is -1.14. The summed E-state index contributed by atoms with van der Waals surface area (Å²) in [6.45, 7) is 0. The lowest BCUT2D eigenvalue weighted by Gasteiger charge is -2.18. The van der Waals surface area contributed by atoms with Gasteiger partial charge in [0.2, 0.25) is 5.91 Å². The molecule has 0 bridgehead atoms. The second-order valence-electron chi connectivity index (χ2n) is 4.98. The van der Waals surface area contributed by atoms with Gasteiger partial charge in [0.1, 0.15) is 6.04 Å². The largest absolute Gasteiger partial charge is 0.481 e. The highest BCUT2D eigenvalue weighted by Gasteiger charge is 2.34. The van der Waals surface area contributed by atoms with Gasteiger partial charge in [-0.15, -0.1) is 0 Å². The van der Waals surface area contributed by atoms with Crippen molar-refractivity contribution in [2.45, 2.75) is 31.3 Å². The van der Waals surface area contributed by atoms with Gasteiger partial charge in [-0.1, -0.05) is 0 Å². The Morgan fingerprint density at radius 3 is 2.79 bits per heavy atom. The number of rotatable bonds is 6. The number of nitrogens with one attached hydrogen (secondary N) is 1. The third-order valence-electron chi connectivity index (χ3n) is 3.28. The molecule has 2 atom stereocenters. The maximum absolute atomic E-state index is 12.0. The molecule has 1 amide bonds. The number of aryl methyl sites for hydroxylation is 1. The first kappa shape index (κ1) is 13.5. The molecule has 1 aromatic rings. The molecule has 1 aromatic heterocycles. The smallest absolute Gasteiger partial charge is 0.305 e. The van der Waals surface area contributed by atoms with E-state index in [9.17, 15) is 9.59 Å². The fraction of sp³-hybridized carbons (Fsp3) is 0.583. The van der Waals surface area contributed by atoms with E-state index in [4.69, 9.17) is 10.8 Å². The van der Waals surface area contributed by atoms with Crippen molar-refractivity contribution < 1.29 is 14.7 Å². The van der Waals surface area contributed by atoms with Gasteiger partial charge in [-0.25, -0.2) is 0 Å². The van der Waals surface area contributed by atoms with E-state index in [2.05, 4.69) is 10.4 Å². The number of amides is 1. The summed E-state index contributed by atoms with van der Waals surface area (Å²) in [7, 11) is 1.74. The van der Waals surface area contributed by atoms with E-state index in [0.717, 1.165) is 12.8 Å². The average molecular weight is 266 g/mol. The maximum Gasteiger partial charge on any atom is 0.305 e. The summed E-state index contributed by atoms with van der Waals surface area (Å²) >= 11 is 0. The lowest BCUT2D eigenvalue weighted by atomic mass is 10.1. The van der Waals surface area contributed by atoms with Crippen molar-refractivity contribution in [3.63, 3.8) is 0 Å². The fourth-order valence-electron chi connectivity index (χ4n) is 2.05. The first-order chi connectivity index (χ1) is 8.97. The molecule has 0 aromatic carbocycles. The van der Waals surface area contributed by atoms with E-state index >= 15 is 0 Å². The predicted octanol–water partition coefficient (Wildman–Crippen LogP) is -0.211. The molecule has 2 rings (SSSR count). The van der Waals surface area contributed by atoms with Gasteiger partial charge in [-0.3, -0.25) is 14.3 Å². The van der Waals surface area contributed by atoms with Gasteiger partial charge in [0, 0.05) is 24.8 Å². The average Bonchev–Trinajstić information content (AvgIpc) is 3.09. The van der Waals surface area contributed by atoms with Crippen molar-refractivity contribution in [2.75, 3.05) is 0 Å². The minimum absolute atomic E-state index is 0.0594. The van der Waals surface area contributed by atoms with Crippen LogP contribution < -0.4 is 11.1 Å². The molecule has 1 heterocycles. The zero-order chi connectivity index (χ0) is 14.0. The lowest BCUT2D eigenvalue weighted by molar-refractivity contribution is -0.138. The molecule has 0 aliphatic heterocycles. The molecular weight excluding hydrogens is 248 g/mol. The highest BCUT2D eigenvalue weighted by Crippen LogP contribution is 2.34. The number of nitrogens with two attached hydrogens (primary N) is 1. The summed E-state index contributed by atoms with van der Waals surface area (Å²) in [5.41, 5.74) is 6.45. The third-order valence-corrected chi connectivity index (χ3v) is 3.28. The van der Waals surface area contributed by atoms with Gasteiger partial charge in [-0.2, -0.15) is 5.10 Å². The van der Waals surface area contributed by atoms with Crippen molar-refractivity contribution in [3.8, 4) is 0 Å². The number of aliphatic carboxylic acids is 1. The van der Waals surface area contributed by atoms with Gasteiger partial charge in [0.05, 0.1) is 12.6 Å². The molecule has 19 heavy (non-hydrogen) atoms. The first-order valence-electron chi connectivity index (χ1n) is 6.23. The number of carboxylic acids is 1. The molecule has 7 nitrogen and oxygen atoms in total. The minimum atomic E-state index is -0.910. The van der Waals surface area contributed by atoms with Crippen LogP contribution in [-0.2, 0) is 16.6 Å². The summed E-state index contributed by atoms with van der Waals surface area (Å²) < 4.78 is 1.57. The van der Waals surface area contributed by atoms with Gasteiger partial charge in [0.25, 0.3) is 0 Å². The molecule has 1 aliphatic rings. The molecule has 2 unspecified atom stereocenters. The van der Waals surface area contributed by atoms with E-state index in [-0.39, 0.29) is 24.3 Å². The van der Waals surface area contributed by atoms with E-state index < -0.39 is 12.0 Å². The maximum atomic E-state index is 12.0. The van der Waals surface area contributed by atoms with Gasteiger partial charge in [-0.05, 0) is 18.8 Å². The van der Waals surface area contributed by atoms with Crippen LogP contribution in [0.1, 0.15) is 30.9 Å². The molecule has 1 aliphatic carbocycles. The van der Waals surface area contributed by atoms with E-state index in [1.165, 1.54) is 6.20 Å². The Bertz CT molecular complexity index is 481. The molecule has 0 radical (unpaired) electrons. The summed E-state index contributed by atoms with van der Waals surface area (Å²) in [4.78, 5) is 22.8. The highest BCUT2D eigenvalue weighted by molar-refractivity contribution is 5.83. The quantitative estimate of drug-likeness (QED) is 0.660. The van der Waals surface area contributed by atoms with Crippen LogP contribution in [0, 0.1) is 5.92 Å². The van der Waals surface area contributed by atoms with Crippen molar-refractivity contribution in [1.29, 1.82) is 0 Å². The van der Waals surface area contributed by atoms with Crippen LogP contribution in [0.2, 0.25) is 0 Å². The van der Waals surface area contributed by atoms with Crippen LogP contribution in [0.4, 0.5) is 0 Å². The van der Waals surface area contributed by atoms with Crippen molar-refractivity contribution in [1.82, 2.24) is 15.1 Å². The molecule has 1 fully saturated rings. The second kappa shape index (κ2) is 5.40. The van der Waals surface area contributed by atoms with Crippen LogP contribution >= 0.6 is 0 Å². The standard InChI is InChI=1S/C12H18N4O3/c1-16-6-8(5-14-16)11(13)12(19)15-9(4-10(17)18)7-2-3-7/h5-7,9,11H,2-4,13H2,1H3,(H,15,19)(H,17,18). The zero-order valence-corrected chi connectivity index (χ0v) is 10.7. The van der Waals surface area contributed by atoms with Gasteiger partial charge >= 0.3 is 5.97 Å². The molecule has 1 saturated carbocycles. The molecule has 0 spiro atoms.